The number of carbonyl (C=O) groups is 1. The molecule has 0 saturated heterocycles. The molecule has 2 heterocycles. The van der Waals surface area contributed by atoms with E-state index in [2.05, 4.69) is 15.5 Å². The molecule has 1 N–H and O–H groups in total. The minimum absolute atomic E-state index is 0.107. The van der Waals surface area contributed by atoms with E-state index in [1.165, 1.54) is 11.6 Å². The van der Waals surface area contributed by atoms with Gasteiger partial charge in [0.1, 0.15) is 12.2 Å². The van der Waals surface area contributed by atoms with Crippen LogP contribution in [-0.2, 0) is 24.4 Å². The molecule has 9 heteroatoms. The van der Waals surface area contributed by atoms with Crippen LogP contribution in [0, 0.1) is 6.92 Å². The molecule has 6 nitrogen and oxygen atoms in total. The first kappa shape index (κ1) is 16.4. The van der Waals surface area contributed by atoms with Crippen molar-refractivity contribution in [3.05, 3.63) is 34.4 Å². The SMILES string of the molecule is CCn1ccc(CNC(=O)Cn2nc(C(F)F)c(Cl)c2C)n1. The average Bonchev–Trinajstić information content (AvgIpc) is 3.05. The number of hydrogen-bond acceptors (Lipinski definition) is 3. The molecule has 0 aliphatic heterocycles. The smallest absolute Gasteiger partial charge is 0.283 e. The monoisotopic (exact) mass is 331 g/mol. The number of nitrogens with one attached hydrogen (secondary N) is 1. The molecular weight excluding hydrogens is 316 g/mol. The van der Waals surface area contributed by atoms with Crippen molar-refractivity contribution >= 4 is 17.5 Å². The molecule has 0 unspecified atom stereocenters. The van der Waals surface area contributed by atoms with Crippen LogP contribution in [0.4, 0.5) is 8.78 Å². The fourth-order valence-corrected chi connectivity index (χ4v) is 2.11. The molecule has 2 aromatic heterocycles. The first-order chi connectivity index (χ1) is 10.4. The Morgan fingerprint density at radius 2 is 2.18 bits per heavy atom. The Balaban J connectivity index is 1.96. The minimum atomic E-state index is -2.77. The maximum absolute atomic E-state index is 12.7. The maximum Gasteiger partial charge on any atom is 0.283 e. The largest absolute Gasteiger partial charge is 0.349 e. The Labute approximate surface area is 131 Å². The first-order valence-electron chi connectivity index (χ1n) is 6.72. The number of carbonyl (C=O) groups excluding carboxylic acids is 1. The quantitative estimate of drug-likeness (QED) is 0.883. The zero-order valence-electron chi connectivity index (χ0n) is 12.2. The Bertz CT molecular complexity index is 667. The summed E-state index contributed by atoms with van der Waals surface area (Å²) in [6.07, 6.45) is -0.957. The predicted octanol–water partition coefficient (Wildman–Crippen LogP) is 2.32. The van der Waals surface area contributed by atoms with Gasteiger partial charge in [-0.3, -0.25) is 14.2 Å². The van der Waals surface area contributed by atoms with Crippen molar-refractivity contribution in [2.24, 2.45) is 0 Å². The Kier molecular flexibility index (Phi) is 5.12. The second kappa shape index (κ2) is 6.87. The summed E-state index contributed by atoms with van der Waals surface area (Å²) < 4.78 is 28.3. The minimum Gasteiger partial charge on any atom is -0.349 e. The fourth-order valence-electron chi connectivity index (χ4n) is 1.90. The van der Waals surface area contributed by atoms with E-state index in [4.69, 9.17) is 11.6 Å². The summed E-state index contributed by atoms with van der Waals surface area (Å²) in [6, 6.07) is 1.80. The standard InChI is InChI=1S/C13H16ClF2N5O/c1-3-20-5-4-9(18-20)6-17-10(22)7-21-8(2)11(14)12(19-21)13(15)16/h4-5,13H,3,6-7H2,1-2H3,(H,17,22). The second-order valence-corrected chi connectivity index (χ2v) is 5.06. The molecule has 0 aliphatic carbocycles. The molecule has 1 amide bonds. The van der Waals surface area contributed by atoms with Crippen LogP contribution in [0.1, 0.15) is 30.4 Å². The van der Waals surface area contributed by atoms with Crippen LogP contribution in [0.2, 0.25) is 5.02 Å². The molecule has 0 aliphatic rings. The van der Waals surface area contributed by atoms with Gasteiger partial charge in [0.25, 0.3) is 6.43 Å². The lowest BCUT2D eigenvalue weighted by atomic mass is 10.4. The van der Waals surface area contributed by atoms with E-state index in [1.807, 2.05) is 13.1 Å². The Morgan fingerprint density at radius 1 is 1.45 bits per heavy atom. The molecule has 0 spiro atoms. The molecule has 0 radical (unpaired) electrons. The van der Waals surface area contributed by atoms with E-state index in [0.29, 0.717) is 5.69 Å². The van der Waals surface area contributed by atoms with Gasteiger partial charge in [-0.15, -0.1) is 0 Å². The fraction of sp³-hybridized carbons (Fsp3) is 0.462. The molecule has 2 aromatic rings. The normalized spacial score (nSPS) is 11.2. The highest BCUT2D eigenvalue weighted by molar-refractivity contribution is 6.31. The van der Waals surface area contributed by atoms with E-state index in [-0.39, 0.29) is 24.0 Å². The molecule has 0 aromatic carbocycles. The molecular formula is C13H16ClF2N5O. The van der Waals surface area contributed by atoms with Crippen molar-refractivity contribution in [2.75, 3.05) is 0 Å². The average molecular weight is 332 g/mol. The summed E-state index contributed by atoms with van der Waals surface area (Å²) >= 11 is 5.78. The zero-order chi connectivity index (χ0) is 16.3. The molecule has 0 atom stereocenters. The van der Waals surface area contributed by atoms with Crippen molar-refractivity contribution in [2.45, 2.75) is 39.9 Å². The van der Waals surface area contributed by atoms with Crippen LogP contribution in [0.25, 0.3) is 0 Å². The predicted molar refractivity (Wildman–Crippen MR) is 76.7 cm³/mol. The third-order valence-corrected chi connectivity index (χ3v) is 3.61. The van der Waals surface area contributed by atoms with Crippen molar-refractivity contribution < 1.29 is 13.6 Å². The highest BCUT2D eigenvalue weighted by atomic mass is 35.5. The van der Waals surface area contributed by atoms with Gasteiger partial charge in [0.05, 0.1) is 23.0 Å². The van der Waals surface area contributed by atoms with Crippen LogP contribution in [-0.4, -0.2) is 25.5 Å². The summed E-state index contributed by atoms with van der Waals surface area (Å²) in [6.45, 7) is 4.33. The third-order valence-electron chi connectivity index (χ3n) is 3.14. The van der Waals surface area contributed by atoms with Crippen molar-refractivity contribution in [1.82, 2.24) is 24.9 Å². The second-order valence-electron chi connectivity index (χ2n) is 4.68. The topological polar surface area (TPSA) is 64.7 Å². The number of amides is 1. The van der Waals surface area contributed by atoms with E-state index in [0.717, 1.165) is 12.2 Å². The number of aryl methyl sites for hydroxylation is 1. The van der Waals surface area contributed by atoms with Gasteiger partial charge in [-0.05, 0) is 19.9 Å². The number of halogens is 3. The molecule has 22 heavy (non-hydrogen) atoms. The van der Waals surface area contributed by atoms with Gasteiger partial charge in [0, 0.05) is 12.7 Å². The van der Waals surface area contributed by atoms with Gasteiger partial charge in [-0.2, -0.15) is 10.2 Å². The van der Waals surface area contributed by atoms with Crippen molar-refractivity contribution in [3.8, 4) is 0 Å². The summed E-state index contributed by atoms with van der Waals surface area (Å²) in [4.78, 5) is 11.9. The van der Waals surface area contributed by atoms with E-state index in [1.54, 1.807) is 10.7 Å². The van der Waals surface area contributed by atoms with Gasteiger partial charge in [0.15, 0.2) is 0 Å². The van der Waals surface area contributed by atoms with E-state index < -0.39 is 12.1 Å². The van der Waals surface area contributed by atoms with Crippen LogP contribution in [0.15, 0.2) is 12.3 Å². The van der Waals surface area contributed by atoms with Gasteiger partial charge >= 0.3 is 0 Å². The highest BCUT2D eigenvalue weighted by Crippen LogP contribution is 2.28. The highest BCUT2D eigenvalue weighted by Gasteiger charge is 2.21. The number of aromatic nitrogens is 4. The summed E-state index contributed by atoms with van der Waals surface area (Å²) in [5.74, 6) is -0.353. The Morgan fingerprint density at radius 3 is 2.73 bits per heavy atom. The van der Waals surface area contributed by atoms with Crippen LogP contribution >= 0.6 is 11.6 Å². The van der Waals surface area contributed by atoms with Crippen LogP contribution < -0.4 is 5.32 Å². The van der Waals surface area contributed by atoms with E-state index >= 15 is 0 Å². The number of nitrogens with zero attached hydrogens (tertiary/aromatic N) is 4. The molecule has 0 saturated carbocycles. The van der Waals surface area contributed by atoms with Gasteiger partial charge in [0.2, 0.25) is 5.91 Å². The van der Waals surface area contributed by atoms with Crippen molar-refractivity contribution in [3.63, 3.8) is 0 Å². The van der Waals surface area contributed by atoms with Gasteiger partial charge < -0.3 is 5.32 Å². The van der Waals surface area contributed by atoms with Gasteiger partial charge in [-0.25, -0.2) is 8.78 Å². The Hall–Kier alpha value is -1.96. The van der Waals surface area contributed by atoms with Crippen LogP contribution in [0.3, 0.4) is 0 Å². The zero-order valence-corrected chi connectivity index (χ0v) is 12.9. The molecule has 0 bridgehead atoms. The number of rotatable bonds is 6. The third kappa shape index (κ3) is 3.62. The van der Waals surface area contributed by atoms with Crippen molar-refractivity contribution in [1.29, 1.82) is 0 Å². The van der Waals surface area contributed by atoms with E-state index in [9.17, 15) is 13.6 Å². The summed E-state index contributed by atoms with van der Waals surface area (Å²) in [5, 5.41) is 10.5. The number of alkyl halides is 2. The lowest BCUT2D eigenvalue weighted by molar-refractivity contribution is -0.122. The molecule has 0 fully saturated rings. The van der Waals surface area contributed by atoms with Crippen LogP contribution in [0.5, 0.6) is 0 Å². The summed E-state index contributed by atoms with van der Waals surface area (Å²) in [7, 11) is 0. The maximum atomic E-state index is 12.7. The lowest BCUT2D eigenvalue weighted by Crippen LogP contribution is -2.28. The molecule has 120 valence electrons. The molecule has 2 rings (SSSR count). The lowest BCUT2D eigenvalue weighted by Gasteiger charge is -2.05. The van der Waals surface area contributed by atoms with Gasteiger partial charge in [-0.1, -0.05) is 11.6 Å². The summed E-state index contributed by atoms with van der Waals surface area (Å²) in [5.41, 5.74) is 0.551. The number of hydrogen-bond donors (Lipinski definition) is 1. The first-order valence-corrected chi connectivity index (χ1v) is 7.10.